The summed E-state index contributed by atoms with van der Waals surface area (Å²) in [6, 6.07) is 21.4. The van der Waals surface area contributed by atoms with Gasteiger partial charge in [-0.05, 0) is 33.7 Å². The first-order chi connectivity index (χ1) is 9.43. The largest absolute Gasteiger partial charge is 0.351 e. The maximum atomic E-state index is 3.67. The number of H-pyrrole nitrogens is 1. The summed E-state index contributed by atoms with van der Waals surface area (Å²) in [5, 5.41) is 5.25. The minimum Gasteiger partial charge on any atom is -0.351 e. The summed E-state index contributed by atoms with van der Waals surface area (Å²) in [4.78, 5) is 6.42. The van der Waals surface area contributed by atoms with Crippen LogP contribution in [0, 0.1) is 0 Å². The van der Waals surface area contributed by atoms with Crippen molar-refractivity contribution in [1.29, 1.82) is 0 Å². The third-order valence-electron chi connectivity index (χ3n) is 3.02. The molecule has 0 aliphatic carbocycles. The fraction of sp³-hybridized carbons (Fsp3) is 0. The molecule has 1 aromatic heterocycles. The van der Waals surface area contributed by atoms with Crippen LogP contribution < -0.4 is 0 Å². The molecule has 1 N–H and O–H groups in total. The molecular weight excluding hydrogens is 232 g/mol. The Bertz CT molecular complexity index is 651. The molecule has 0 aliphatic rings. The van der Waals surface area contributed by atoms with Crippen LogP contribution in [0.4, 0.5) is 0 Å². The standard InChI is InChI=1S/C14H10.C3H4N2/c1-2-6-12-10-14-8-4-3-7-13(14)9-11(12)5-1;1-2-5-3-4-1/h1-10H;1-3H,(H,4,5). The van der Waals surface area contributed by atoms with Crippen molar-refractivity contribution in [1.82, 2.24) is 9.97 Å². The molecule has 4 aromatic rings. The molecule has 0 amide bonds. The van der Waals surface area contributed by atoms with Gasteiger partial charge in [0.15, 0.2) is 0 Å². The zero-order chi connectivity index (χ0) is 12.9. The highest BCUT2D eigenvalue weighted by molar-refractivity contribution is 5.98. The Morgan fingerprint density at radius 2 is 1.16 bits per heavy atom. The Morgan fingerprint density at radius 1 is 0.684 bits per heavy atom. The molecule has 2 heteroatoms. The lowest BCUT2D eigenvalue weighted by Crippen LogP contribution is -1.74. The number of fused-ring (bicyclic) bond motifs is 2. The summed E-state index contributed by atoms with van der Waals surface area (Å²) in [6.45, 7) is 0. The summed E-state index contributed by atoms with van der Waals surface area (Å²) in [5.41, 5.74) is 0. The van der Waals surface area contributed by atoms with Gasteiger partial charge in [-0.15, -0.1) is 0 Å². The highest BCUT2D eigenvalue weighted by atomic mass is 14.8. The van der Waals surface area contributed by atoms with Crippen LogP contribution in [0.5, 0.6) is 0 Å². The van der Waals surface area contributed by atoms with Gasteiger partial charge in [0.2, 0.25) is 0 Å². The Hall–Kier alpha value is -2.61. The lowest BCUT2D eigenvalue weighted by molar-refractivity contribution is 1.31. The lowest BCUT2D eigenvalue weighted by atomic mass is 10.0. The van der Waals surface area contributed by atoms with Gasteiger partial charge in [-0.2, -0.15) is 0 Å². The van der Waals surface area contributed by atoms with E-state index in [0.29, 0.717) is 0 Å². The first-order valence-corrected chi connectivity index (χ1v) is 6.24. The number of nitrogens with one attached hydrogen (secondary N) is 1. The zero-order valence-corrected chi connectivity index (χ0v) is 10.5. The summed E-state index contributed by atoms with van der Waals surface area (Å²) in [5.74, 6) is 0. The van der Waals surface area contributed by atoms with E-state index in [0.717, 1.165) is 0 Å². The van der Waals surface area contributed by atoms with Crippen LogP contribution in [0.3, 0.4) is 0 Å². The van der Waals surface area contributed by atoms with Crippen LogP contribution in [-0.4, -0.2) is 9.97 Å². The fourth-order valence-electron chi connectivity index (χ4n) is 2.10. The quantitative estimate of drug-likeness (QED) is 0.458. The number of nitrogens with zero attached hydrogens (tertiary/aromatic N) is 1. The molecule has 0 atom stereocenters. The number of hydrogen-bond donors (Lipinski definition) is 1. The second-order valence-corrected chi connectivity index (χ2v) is 4.31. The average Bonchev–Trinajstić information content (AvgIpc) is 3.04. The molecular formula is C17H14N2. The first kappa shape index (κ1) is 11.5. The van der Waals surface area contributed by atoms with E-state index in [1.807, 2.05) is 0 Å². The smallest absolute Gasteiger partial charge is 0.0919 e. The topological polar surface area (TPSA) is 28.7 Å². The van der Waals surface area contributed by atoms with E-state index in [2.05, 4.69) is 70.6 Å². The molecule has 0 radical (unpaired) electrons. The molecule has 1 heterocycles. The maximum Gasteiger partial charge on any atom is 0.0919 e. The van der Waals surface area contributed by atoms with Crippen molar-refractivity contribution in [2.45, 2.75) is 0 Å². The molecule has 4 rings (SSSR count). The molecule has 0 fully saturated rings. The molecule has 0 unspecified atom stereocenters. The fourth-order valence-corrected chi connectivity index (χ4v) is 2.10. The van der Waals surface area contributed by atoms with E-state index in [4.69, 9.17) is 0 Å². The highest BCUT2D eigenvalue weighted by Crippen LogP contribution is 2.21. The number of hydrogen-bond acceptors (Lipinski definition) is 1. The second kappa shape index (κ2) is 5.36. The van der Waals surface area contributed by atoms with Crippen molar-refractivity contribution in [3.05, 3.63) is 79.4 Å². The minimum atomic E-state index is 1.31. The predicted molar refractivity (Wildman–Crippen MR) is 80.0 cm³/mol. The van der Waals surface area contributed by atoms with Gasteiger partial charge in [0.05, 0.1) is 6.33 Å². The number of aromatic nitrogens is 2. The molecule has 0 saturated carbocycles. The van der Waals surface area contributed by atoms with Gasteiger partial charge >= 0.3 is 0 Å². The average molecular weight is 246 g/mol. The number of imidazole rings is 1. The molecule has 2 nitrogen and oxygen atoms in total. The van der Waals surface area contributed by atoms with Crippen molar-refractivity contribution >= 4 is 21.5 Å². The molecule has 3 aromatic carbocycles. The number of aromatic amines is 1. The number of benzene rings is 3. The monoisotopic (exact) mass is 246 g/mol. The van der Waals surface area contributed by atoms with Crippen LogP contribution in [0.2, 0.25) is 0 Å². The van der Waals surface area contributed by atoms with Gasteiger partial charge in [-0.25, -0.2) is 4.98 Å². The van der Waals surface area contributed by atoms with E-state index >= 15 is 0 Å². The predicted octanol–water partition coefficient (Wildman–Crippen LogP) is 4.40. The van der Waals surface area contributed by atoms with Gasteiger partial charge < -0.3 is 4.98 Å². The van der Waals surface area contributed by atoms with Crippen molar-refractivity contribution < 1.29 is 0 Å². The third-order valence-corrected chi connectivity index (χ3v) is 3.02. The second-order valence-electron chi connectivity index (χ2n) is 4.31. The van der Waals surface area contributed by atoms with Crippen LogP contribution in [0.15, 0.2) is 79.4 Å². The normalized spacial score (nSPS) is 10.1. The Balaban J connectivity index is 0.000000187. The van der Waals surface area contributed by atoms with Gasteiger partial charge in [0, 0.05) is 12.4 Å². The van der Waals surface area contributed by atoms with Gasteiger partial charge in [-0.3, -0.25) is 0 Å². The summed E-state index contributed by atoms with van der Waals surface area (Å²) < 4.78 is 0. The minimum absolute atomic E-state index is 1.31. The van der Waals surface area contributed by atoms with Crippen molar-refractivity contribution in [3.63, 3.8) is 0 Å². The molecule has 0 saturated heterocycles. The van der Waals surface area contributed by atoms with Crippen molar-refractivity contribution in [2.75, 3.05) is 0 Å². The molecule has 19 heavy (non-hydrogen) atoms. The van der Waals surface area contributed by atoms with E-state index < -0.39 is 0 Å². The third kappa shape index (κ3) is 2.63. The highest BCUT2D eigenvalue weighted by Gasteiger charge is 1.95. The van der Waals surface area contributed by atoms with Gasteiger partial charge in [0.1, 0.15) is 0 Å². The maximum absolute atomic E-state index is 3.67. The van der Waals surface area contributed by atoms with E-state index in [9.17, 15) is 0 Å². The Kier molecular flexibility index (Phi) is 3.24. The molecule has 92 valence electrons. The lowest BCUT2D eigenvalue weighted by Gasteiger charge is -2.00. The van der Waals surface area contributed by atoms with Crippen molar-refractivity contribution in [3.8, 4) is 0 Å². The summed E-state index contributed by atoms with van der Waals surface area (Å²) in [7, 11) is 0. The van der Waals surface area contributed by atoms with E-state index in [1.165, 1.54) is 21.5 Å². The van der Waals surface area contributed by atoms with E-state index in [1.54, 1.807) is 18.7 Å². The van der Waals surface area contributed by atoms with Crippen LogP contribution in [0.1, 0.15) is 0 Å². The summed E-state index contributed by atoms with van der Waals surface area (Å²) in [6.07, 6.45) is 5.08. The van der Waals surface area contributed by atoms with Crippen LogP contribution in [0.25, 0.3) is 21.5 Å². The summed E-state index contributed by atoms with van der Waals surface area (Å²) >= 11 is 0. The number of rotatable bonds is 0. The Labute approximate surface area is 111 Å². The molecule has 0 spiro atoms. The molecule has 0 bridgehead atoms. The molecule has 0 aliphatic heterocycles. The van der Waals surface area contributed by atoms with Crippen molar-refractivity contribution in [2.24, 2.45) is 0 Å². The van der Waals surface area contributed by atoms with Gasteiger partial charge in [-0.1, -0.05) is 48.5 Å². The van der Waals surface area contributed by atoms with E-state index in [-0.39, 0.29) is 0 Å². The van der Waals surface area contributed by atoms with Crippen LogP contribution >= 0.6 is 0 Å². The van der Waals surface area contributed by atoms with Gasteiger partial charge in [0.25, 0.3) is 0 Å². The van der Waals surface area contributed by atoms with Crippen LogP contribution in [-0.2, 0) is 0 Å². The Morgan fingerprint density at radius 3 is 1.42 bits per heavy atom. The SMILES string of the molecule is c1c[nH]cn1.c1ccc2cc3ccccc3cc2c1. The first-order valence-electron chi connectivity index (χ1n) is 6.24. The zero-order valence-electron chi connectivity index (χ0n) is 10.5.